The van der Waals surface area contributed by atoms with E-state index in [4.69, 9.17) is 0 Å². The van der Waals surface area contributed by atoms with E-state index in [0.717, 1.165) is 6.07 Å². The maximum Gasteiger partial charge on any atom is 0.239 e. The van der Waals surface area contributed by atoms with E-state index in [1.165, 1.54) is 19.1 Å². The van der Waals surface area contributed by atoms with Gasteiger partial charge in [-0.2, -0.15) is 0 Å². The van der Waals surface area contributed by atoms with E-state index in [0.29, 0.717) is 25.9 Å². The van der Waals surface area contributed by atoms with Crippen molar-refractivity contribution < 1.29 is 18.4 Å². The number of carbonyl (C=O) groups excluding carboxylic acids is 2. The van der Waals surface area contributed by atoms with Crippen molar-refractivity contribution in [2.45, 2.75) is 25.8 Å². The van der Waals surface area contributed by atoms with Gasteiger partial charge in [-0.1, -0.05) is 6.07 Å². The molecule has 0 unspecified atom stereocenters. The van der Waals surface area contributed by atoms with Gasteiger partial charge in [0.05, 0.1) is 12.2 Å². The molecular formula is C15H19F2N3O2. The largest absolute Gasteiger partial charge is 0.374 e. The summed E-state index contributed by atoms with van der Waals surface area (Å²) in [4.78, 5) is 24.8. The van der Waals surface area contributed by atoms with Crippen LogP contribution in [0.25, 0.3) is 0 Å². The first kappa shape index (κ1) is 16.2. The van der Waals surface area contributed by atoms with Gasteiger partial charge in [-0.25, -0.2) is 8.78 Å². The van der Waals surface area contributed by atoms with Crippen molar-refractivity contribution in [3.63, 3.8) is 0 Å². The third kappa shape index (κ3) is 4.16. The average Bonchev–Trinajstić information content (AvgIpc) is 2.49. The Morgan fingerprint density at radius 2 is 1.95 bits per heavy atom. The van der Waals surface area contributed by atoms with Crippen molar-refractivity contribution >= 4 is 17.5 Å². The van der Waals surface area contributed by atoms with Crippen molar-refractivity contribution in [2.75, 3.05) is 25.0 Å². The molecule has 7 heteroatoms. The van der Waals surface area contributed by atoms with Crippen LogP contribution in [0.5, 0.6) is 0 Å². The normalized spacial score (nSPS) is 15.5. The summed E-state index contributed by atoms with van der Waals surface area (Å²) in [5, 5.41) is 5.41. The van der Waals surface area contributed by atoms with Crippen LogP contribution in [0.15, 0.2) is 18.2 Å². The molecule has 0 atom stereocenters. The highest BCUT2D eigenvalue weighted by atomic mass is 19.2. The molecular weight excluding hydrogens is 292 g/mol. The van der Waals surface area contributed by atoms with Crippen LogP contribution in [0.2, 0.25) is 0 Å². The second-order valence-corrected chi connectivity index (χ2v) is 5.30. The number of likely N-dealkylation sites (tertiary alicyclic amines) is 1. The Bertz CT molecular complexity index is 558. The quantitative estimate of drug-likeness (QED) is 0.886. The standard InChI is InChI=1S/C15H19F2N3O2/c1-10(21)20-7-5-11(6-8-20)19-14(22)9-18-13-4-2-3-12(16)15(13)17/h2-4,11,18H,5-9H2,1H3,(H,19,22). The van der Waals surface area contributed by atoms with Gasteiger partial charge in [0.1, 0.15) is 0 Å². The lowest BCUT2D eigenvalue weighted by Gasteiger charge is -2.31. The van der Waals surface area contributed by atoms with Crippen LogP contribution in [-0.4, -0.2) is 42.4 Å². The predicted molar refractivity (Wildman–Crippen MR) is 78.3 cm³/mol. The van der Waals surface area contributed by atoms with E-state index in [-0.39, 0.29) is 30.1 Å². The van der Waals surface area contributed by atoms with Crippen molar-refractivity contribution in [3.8, 4) is 0 Å². The highest BCUT2D eigenvalue weighted by Crippen LogP contribution is 2.16. The molecule has 2 amide bonds. The van der Waals surface area contributed by atoms with Crippen molar-refractivity contribution in [2.24, 2.45) is 0 Å². The van der Waals surface area contributed by atoms with Crippen LogP contribution >= 0.6 is 0 Å². The lowest BCUT2D eigenvalue weighted by Crippen LogP contribution is -2.47. The number of anilines is 1. The monoisotopic (exact) mass is 311 g/mol. The van der Waals surface area contributed by atoms with Gasteiger partial charge in [-0.05, 0) is 25.0 Å². The second-order valence-electron chi connectivity index (χ2n) is 5.30. The summed E-state index contributed by atoms with van der Waals surface area (Å²) < 4.78 is 26.5. The van der Waals surface area contributed by atoms with E-state index in [1.807, 2.05) is 0 Å². The van der Waals surface area contributed by atoms with Crippen LogP contribution in [0, 0.1) is 11.6 Å². The molecule has 1 aliphatic heterocycles. The fourth-order valence-electron chi connectivity index (χ4n) is 2.43. The average molecular weight is 311 g/mol. The number of hydrogen-bond acceptors (Lipinski definition) is 3. The van der Waals surface area contributed by atoms with Crippen LogP contribution in [0.1, 0.15) is 19.8 Å². The minimum absolute atomic E-state index is 0.00209. The first-order chi connectivity index (χ1) is 10.5. The first-order valence-corrected chi connectivity index (χ1v) is 7.20. The molecule has 1 saturated heterocycles. The molecule has 2 rings (SSSR count). The fraction of sp³-hybridized carbons (Fsp3) is 0.467. The van der Waals surface area contributed by atoms with Crippen molar-refractivity contribution in [1.82, 2.24) is 10.2 Å². The summed E-state index contributed by atoms with van der Waals surface area (Å²) in [6.45, 7) is 2.63. The number of halogens is 2. The zero-order valence-corrected chi connectivity index (χ0v) is 12.4. The number of piperidine rings is 1. The summed E-state index contributed by atoms with van der Waals surface area (Å²) in [5.74, 6) is -2.20. The summed E-state index contributed by atoms with van der Waals surface area (Å²) in [6.07, 6.45) is 1.39. The van der Waals surface area contributed by atoms with E-state index < -0.39 is 11.6 Å². The van der Waals surface area contributed by atoms with Gasteiger partial charge in [0.15, 0.2) is 11.6 Å². The molecule has 0 aliphatic carbocycles. The Morgan fingerprint density at radius 3 is 2.59 bits per heavy atom. The maximum absolute atomic E-state index is 13.4. The van der Waals surface area contributed by atoms with E-state index in [9.17, 15) is 18.4 Å². The molecule has 0 bridgehead atoms. The minimum Gasteiger partial charge on any atom is -0.374 e. The molecule has 0 aromatic heterocycles. The SMILES string of the molecule is CC(=O)N1CCC(NC(=O)CNc2cccc(F)c2F)CC1. The molecule has 22 heavy (non-hydrogen) atoms. The molecule has 1 aromatic rings. The van der Waals surface area contributed by atoms with Gasteiger partial charge in [-0.3, -0.25) is 9.59 Å². The molecule has 120 valence electrons. The molecule has 1 fully saturated rings. The number of benzene rings is 1. The zero-order chi connectivity index (χ0) is 16.1. The van der Waals surface area contributed by atoms with Gasteiger partial charge in [0.2, 0.25) is 11.8 Å². The summed E-state index contributed by atoms with van der Waals surface area (Å²) >= 11 is 0. The number of nitrogens with one attached hydrogen (secondary N) is 2. The number of hydrogen-bond donors (Lipinski definition) is 2. The van der Waals surface area contributed by atoms with Gasteiger partial charge in [0, 0.05) is 26.1 Å². The third-order valence-corrected chi connectivity index (χ3v) is 3.70. The Hall–Kier alpha value is -2.18. The second kappa shape index (κ2) is 7.20. The van der Waals surface area contributed by atoms with Gasteiger partial charge in [-0.15, -0.1) is 0 Å². The van der Waals surface area contributed by atoms with Crippen molar-refractivity contribution in [3.05, 3.63) is 29.8 Å². The molecule has 1 heterocycles. The Labute approximate surface area is 127 Å². The molecule has 2 N–H and O–H groups in total. The van der Waals surface area contributed by atoms with Gasteiger partial charge >= 0.3 is 0 Å². The van der Waals surface area contributed by atoms with E-state index >= 15 is 0 Å². The van der Waals surface area contributed by atoms with Gasteiger partial charge < -0.3 is 15.5 Å². The molecule has 0 saturated carbocycles. The van der Waals surface area contributed by atoms with E-state index in [1.54, 1.807) is 4.90 Å². The van der Waals surface area contributed by atoms with Crippen LogP contribution in [-0.2, 0) is 9.59 Å². The van der Waals surface area contributed by atoms with E-state index in [2.05, 4.69) is 10.6 Å². The zero-order valence-electron chi connectivity index (χ0n) is 12.4. The highest BCUT2D eigenvalue weighted by molar-refractivity contribution is 5.81. The lowest BCUT2D eigenvalue weighted by molar-refractivity contribution is -0.130. The lowest BCUT2D eigenvalue weighted by atomic mass is 10.1. The maximum atomic E-state index is 13.4. The smallest absolute Gasteiger partial charge is 0.239 e. The predicted octanol–water partition coefficient (Wildman–Crippen LogP) is 1.50. The fourth-order valence-corrected chi connectivity index (χ4v) is 2.43. The van der Waals surface area contributed by atoms with Crippen molar-refractivity contribution in [1.29, 1.82) is 0 Å². The molecule has 0 spiro atoms. The summed E-state index contributed by atoms with van der Waals surface area (Å²) in [5.41, 5.74) is -0.0402. The molecule has 1 aromatic carbocycles. The summed E-state index contributed by atoms with van der Waals surface area (Å²) in [6, 6.07) is 3.76. The molecule has 0 radical (unpaired) electrons. The highest BCUT2D eigenvalue weighted by Gasteiger charge is 2.21. The van der Waals surface area contributed by atoms with Crippen LogP contribution < -0.4 is 10.6 Å². The topological polar surface area (TPSA) is 61.4 Å². The molecule has 5 nitrogen and oxygen atoms in total. The molecule has 1 aliphatic rings. The Balaban J connectivity index is 1.77. The minimum atomic E-state index is -0.995. The number of carbonyl (C=O) groups is 2. The summed E-state index contributed by atoms with van der Waals surface area (Å²) in [7, 11) is 0. The third-order valence-electron chi connectivity index (χ3n) is 3.70. The Kier molecular flexibility index (Phi) is 5.30. The number of amides is 2. The number of nitrogens with zero attached hydrogens (tertiary/aromatic N) is 1. The first-order valence-electron chi connectivity index (χ1n) is 7.20. The van der Waals surface area contributed by atoms with Crippen LogP contribution in [0.4, 0.5) is 14.5 Å². The van der Waals surface area contributed by atoms with Gasteiger partial charge in [0.25, 0.3) is 0 Å². The Morgan fingerprint density at radius 1 is 1.27 bits per heavy atom. The van der Waals surface area contributed by atoms with Crippen LogP contribution in [0.3, 0.4) is 0 Å². The number of rotatable bonds is 4.